The highest BCUT2D eigenvalue weighted by Crippen LogP contribution is 2.24. The molecule has 1 heterocycles. The second kappa shape index (κ2) is 9.73. The van der Waals surface area contributed by atoms with Crippen molar-refractivity contribution in [2.45, 2.75) is 13.8 Å². The van der Waals surface area contributed by atoms with E-state index in [4.69, 9.17) is 11.6 Å². The van der Waals surface area contributed by atoms with E-state index in [1.165, 1.54) is 30.3 Å². The second-order valence-corrected chi connectivity index (χ2v) is 6.97. The lowest BCUT2D eigenvalue weighted by atomic mass is 10.1. The van der Waals surface area contributed by atoms with Crippen molar-refractivity contribution in [3.05, 3.63) is 52.6 Å². The summed E-state index contributed by atoms with van der Waals surface area (Å²) in [4.78, 5) is 9.56. The Labute approximate surface area is 177 Å². The van der Waals surface area contributed by atoms with Crippen LogP contribution in [0.4, 0.5) is 20.4 Å². The summed E-state index contributed by atoms with van der Waals surface area (Å²) in [6.07, 6.45) is 0. The van der Waals surface area contributed by atoms with E-state index < -0.39 is 11.6 Å². The quantitative estimate of drug-likeness (QED) is 0.181. The van der Waals surface area contributed by atoms with E-state index >= 15 is 0 Å². The molecule has 0 unspecified atom stereocenters. The van der Waals surface area contributed by atoms with Crippen molar-refractivity contribution in [2.75, 3.05) is 36.8 Å². The van der Waals surface area contributed by atoms with Crippen LogP contribution in [0, 0.1) is 11.6 Å². The van der Waals surface area contributed by atoms with Gasteiger partial charge in [-0.1, -0.05) is 30.6 Å². The minimum Gasteiger partial charge on any atom is -0.409 e. The van der Waals surface area contributed by atoms with Crippen LogP contribution in [0.1, 0.15) is 19.4 Å². The Morgan fingerprint density at radius 1 is 1.20 bits per heavy atom. The van der Waals surface area contributed by atoms with Gasteiger partial charge < -0.3 is 25.7 Å². The topological polar surface area (TPSA) is 88.6 Å². The molecule has 0 atom stereocenters. The van der Waals surface area contributed by atoms with E-state index in [1.807, 2.05) is 0 Å². The van der Waals surface area contributed by atoms with Gasteiger partial charge in [-0.15, -0.1) is 0 Å². The molecule has 7 nitrogen and oxygen atoms in total. The number of anilines is 2. The lowest BCUT2D eigenvalue weighted by molar-refractivity contribution is 0.316. The van der Waals surface area contributed by atoms with Crippen LogP contribution in [0.5, 0.6) is 0 Å². The fraction of sp³-hybridized carbons (Fsp3) is 0.300. The number of hydrogen-bond donors (Lipinski definition) is 4. The maximum Gasteiger partial charge on any atom is 0.201 e. The lowest BCUT2D eigenvalue weighted by Gasteiger charge is -2.17. The molecule has 10 heteroatoms. The van der Waals surface area contributed by atoms with E-state index in [2.05, 4.69) is 44.5 Å². The second-order valence-electron chi connectivity index (χ2n) is 6.56. The van der Waals surface area contributed by atoms with E-state index in [0.717, 1.165) is 19.6 Å². The van der Waals surface area contributed by atoms with Crippen LogP contribution < -0.4 is 10.6 Å². The lowest BCUT2D eigenvalue weighted by Crippen LogP contribution is -2.28. The molecule has 1 aromatic heterocycles. The summed E-state index contributed by atoms with van der Waals surface area (Å²) in [5, 5.41) is 18.7. The number of aromatic nitrogens is 2. The number of fused-ring (bicyclic) bond motifs is 1. The van der Waals surface area contributed by atoms with Gasteiger partial charge in [0.2, 0.25) is 5.95 Å². The van der Waals surface area contributed by atoms with Crippen LogP contribution in [0.3, 0.4) is 0 Å². The number of likely N-dealkylation sites (N-methyl/N-ethyl adjacent to an activating group) is 1. The van der Waals surface area contributed by atoms with E-state index in [0.29, 0.717) is 29.3 Å². The molecule has 0 aliphatic carbocycles. The number of amidine groups is 1. The predicted molar refractivity (Wildman–Crippen MR) is 116 cm³/mol. The Morgan fingerprint density at radius 2 is 1.93 bits per heavy atom. The summed E-state index contributed by atoms with van der Waals surface area (Å²) in [7, 11) is 0. The highest BCUT2D eigenvalue weighted by molar-refractivity contribution is 6.31. The van der Waals surface area contributed by atoms with Gasteiger partial charge in [0.1, 0.15) is 11.3 Å². The standard InChI is InChI=1S/C20H23ClF2N6O/c1-3-29(4-2)10-9-24-20-26-17-13(6-8-16(23)18(17)27-20)19(28-30)25-12-5-7-15(22)14(21)11-12/h5-8,11,30H,3-4,9-10H2,1-2H3,(H,25,28)(H2,24,26,27). The molecule has 3 aromatic rings. The fourth-order valence-electron chi connectivity index (χ4n) is 3.07. The smallest absolute Gasteiger partial charge is 0.201 e. The average molecular weight is 437 g/mol. The summed E-state index contributed by atoms with van der Waals surface area (Å²) in [6, 6.07) is 6.69. The molecule has 4 N–H and O–H groups in total. The molecule has 0 aliphatic rings. The van der Waals surface area contributed by atoms with Gasteiger partial charge in [-0.3, -0.25) is 0 Å². The predicted octanol–water partition coefficient (Wildman–Crippen LogP) is 4.50. The zero-order valence-electron chi connectivity index (χ0n) is 16.6. The van der Waals surface area contributed by atoms with Crippen molar-refractivity contribution in [2.24, 2.45) is 5.16 Å². The third-order valence-electron chi connectivity index (χ3n) is 4.75. The molecule has 0 aliphatic heterocycles. The molecule has 0 spiro atoms. The SMILES string of the molecule is CCN(CC)CCNc1nc2c(F)ccc(/C(=N\O)Nc3ccc(F)c(Cl)c3)c2[nH]1. The summed E-state index contributed by atoms with van der Waals surface area (Å²) in [6.45, 7) is 7.49. The number of rotatable bonds is 8. The molecular weight excluding hydrogens is 414 g/mol. The highest BCUT2D eigenvalue weighted by atomic mass is 35.5. The van der Waals surface area contributed by atoms with Gasteiger partial charge in [-0.2, -0.15) is 0 Å². The number of H-pyrrole nitrogens is 1. The monoisotopic (exact) mass is 436 g/mol. The normalized spacial score (nSPS) is 12.0. The Balaban J connectivity index is 1.86. The number of oxime groups is 1. The van der Waals surface area contributed by atoms with Crippen LogP contribution in [-0.4, -0.2) is 52.1 Å². The Morgan fingerprint density at radius 3 is 2.60 bits per heavy atom. The first kappa shape index (κ1) is 21.8. The maximum absolute atomic E-state index is 14.3. The largest absolute Gasteiger partial charge is 0.409 e. The molecular formula is C20H23ClF2N6O. The minimum atomic E-state index is -0.567. The first-order chi connectivity index (χ1) is 14.5. The zero-order chi connectivity index (χ0) is 21.7. The van der Waals surface area contributed by atoms with Gasteiger partial charge in [-0.25, -0.2) is 13.8 Å². The van der Waals surface area contributed by atoms with Crippen LogP contribution in [0.15, 0.2) is 35.5 Å². The molecule has 160 valence electrons. The molecule has 0 saturated carbocycles. The first-order valence-electron chi connectivity index (χ1n) is 9.55. The Kier molecular flexibility index (Phi) is 7.07. The van der Waals surface area contributed by atoms with Crippen LogP contribution >= 0.6 is 11.6 Å². The number of halogens is 3. The van der Waals surface area contributed by atoms with Crippen LogP contribution in [-0.2, 0) is 0 Å². The van der Waals surface area contributed by atoms with E-state index in [-0.39, 0.29) is 16.4 Å². The third kappa shape index (κ3) is 4.80. The zero-order valence-corrected chi connectivity index (χ0v) is 17.4. The molecule has 0 saturated heterocycles. The molecule has 0 bridgehead atoms. The molecule has 2 aromatic carbocycles. The maximum atomic E-state index is 14.3. The van der Waals surface area contributed by atoms with Gasteiger partial charge in [0.15, 0.2) is 11.7 Å². The van der Waals surface area contributed by atoms with E-state index in [1.54, 1.807) is 0 Å². The van der Waals surface area contributed by atoms with Crippen molar-refractivity contribution >= 4 is 40.1 Å². The third-order valence-corrected chi connectivity index (χ3v) is 5.04. The van der Waals surface area contributed by atoms with Crippen molar-refractivity contribution in [1.82, 2.24) is 14.9 Å². The fourth-order valence-corrected chi connectivity index (χ4v) is 3.25. The van der Waals surface area contributed by atoms with Crippen LogP contribution in [0.25, 0.3) is 11.0 Å². The van der Waals surface area contributed by atoms with Gasteiger partial charge in [0, 0.05) is 24.3 Å². The Bertz CT molecular complexity index is 1050. The number of benzene rings is 2. The summed E-state index contributed by atoms with van der Waals surface area (Å²) >= 11 is 5.80. The molecule has 30 heavy (non-hydrogen) atoms. The van der Waals surface area contributed by atoms with Crippen molar-refractivity contribution < 1.29 is 14.0 Å². The van der Waals surface area contributed by atoms with Gasteiger partial charge in [-0.05, 0) is 43.4 Å². The van der Waals surface area contributed by atoms with Gasteiger partial charge in [0.05, 0.1) is 10.5 Å². The summed E-state index contributed by atoms with van der Waals surface area (Å²) in [5.41, 5.74) is 1.26. The van der Waals surface area contributed by atoms with Crippen molar-refractivity contribution in [1.29, 1.82) is 0 Å². The Hall–Kier alpha value is -2.91. The average Bonchev–Trinajstić information content (AvgIpc) is 3.18. The molecule has 0 amide bonds. The summed E-state index contributed by atoms with van der Waals surface area (Å²) < 4.78 is 27.7. The first-order valence-corrected chi connectivity index (χ1v) is 9.93. The summed E-state index contributed by atoms with van der Waals surface area (Å²) in [5.74, 6) is -0.640. The molecule has 0 radical (unpaired) electrons. The van der Waals surface area contributed by atoms with Crippen molar-refractivity contribution in [3.8, 4) is 0 Å². The number of nitrogens with zero attached hydrogens (tertiary/aromatic N) is 3. The van der Waals surface area contributed by atoms with Crippen LogP contribution in [0.2, 0.25) is 5.02 Å². The minimum absolute atomic E-state index is 0.0287. The number of hydrogen-bond acceptors (Lipinski definition) is 5. The highest BCUT2D eigenvalue weighted by Gasteiger charge is 2.17. The van der Waals surface area contributed by atoms with Crippen molar-refractivity contribution in [3.63, 3.8) is 0 Å². The number of aromatic amines is 1. The molecule has 0 fully saturated rings. The van der Waals surface area contributed by atoms with E-state index in [9.17, 15) is 14.0 Å². The molecule has 3 rings (SSSR count). The number of nitrogens with one attached hydrogen (secondary N) is 3. The van der Waals surface area contributed by atoms with Gasteiger partial charge >= 0.3 is 0 Å². The van der Waals surface area contributed by atoms with Gasteiger partial charge in [0.25, 0.3) is 0 Å². The number of imidazole rings is 1.